The second-order valence-corrected chi connectivity index (χ2v) is 9.41. The average molecular weight is 522 g/mol. The number of nitro groups is 1. The third-order valence-electron chi connectivity index (χ3n) is 6.95. The number of amides is 2. The number of hydrogen-bond acceptors (Lipinski definition) is 4. The van der Waals surface area contributed by atoms with Crippen molar-refractivity contribution in [2.75, 3.05) is 4.90 Å². The maximum atomic E-state index is 13.8. The summed E-state index contributed by atoms with van der Waals surface area (Å²) in [5.41, 5.74) is 1.26. The van der Waals surface area contributed by atoms with Crippen LogP contribution in [0.5, 0.6) is 0 Å². The monoisotopic (exact) mass is 522 g/mol. The molecule has 2 amide bonds. The van der Waals surface area contributed by atoms with Gasteiger partial charge in [-0.05, 0) is 58.0 Å². The molecule has 7 heteroatoms. The van der Waals surface area contributed by atoms with E-state index in [0.29, 0.717) is 16.8 Å². The van der Waals surface area contributed by atoms with Gasteiger partial charge in [0.2, 0.25) is 11.8 Å². The van der Waals surface area contributed by atoms with Gasteiger partial charge >= 0.3 is 0 Å². The van der Waals surface area contributed by atoms with E-state index in [1.165, 1.54) is 0 Å². The Hall–Kier alpha value is -3.07. The molecule has 2 bridgehead atoms. The first-order chi connectivity index (χ1) is 15.0. The Labute approximate surface area is 191 Å². The maximum Gasteiger partial charge on any atom is 0.285 e. The molecule has 3 aliphatic carbocycles. The molecule has 0 radical (unpaired) electrons. The zero-order valence-corrected chi connectivity index (χ0v) is 18.2. The molecule has 0 spiro atoms. The van der Waals surface area contributed by atoms with Gasteiger partial charge in [-0.15, -0.1) is 0 Å². The van der Waals surface area contributed by atoms with Crippen LogP contribution in [-0.2, 0) is 15.1 Å². The summed E-state index contributed by atoms with van der Waals surface area (Å²) in [6.07, 6.45) is 0. The van der Waals surface area contributed by atoms with Gasteiger partial charge in [-0.2, -0.15) is 0 Å². The highest BCUT2D eigenvalue weighted by molar-refractivity contribution is 14.1. The van der Waals surface area contributed by atoms with Gasteiger partial charge in [0.05, 0.1) is 11.6 Å². The van der Waals surface area contributed by atoms with Crippen LogP contribution in [-0.4, -0.2) is 16.7 Å². The van der Waals surface area contributed by atoms with Crippen molar-refractivity contribution in [3.63, 3.8) is 0 Å². The van der Waals surface area contributed by atoms with Gasteiger partial charge in [-0.25, -0.2) is 4.90 Å². The third kappa shape index (κ3) is 2.12. The standard InChI is InChI=1S/C24H15IN2O4/c25-13-9-11-14(12-10-13)26-22(28)20-19-15-5-1-3-7-17(15)24(27(30)31,21(20)23(26)29)18-8-4-2-6-16(18)19/h1-12,19-21H/t19?,20-,21+,24?/m1/s1. The SMILES string of the molecule is O=C1[C@@H]2C3c4ccccc4C([N+](=O)[O-])(c4ccccc43)[C@@H]2C(=O)N1c1ccc(I)cc1. The van der Waals surface area contributed by atoms with E-state index in [9.17, 15) is 19.7 Å². The Balaban J connectivity index is 1.67. The number of hydrogen-bond donors (Lipinski definition) is 0. The van der Waals surface area contributed by atoms with Crippen molar-refractivity contribution in [1.29, 1.82) is 0 Å². The zero-order chi connectivity index (χ0) is 21.5. The van der Waals surface area contributed by atoms with Gasteiger partial charge in [0.25, 0.3) is 5.54 Å². The average Bonchev–Trinajstić information content (AvgIpc) is 3.05. The molecule has 2 atom stereocenters. The van der Waals surface area contributed by atoms with Crippen LogP contribution < -0.4 is 4.90 Å². The van der Waals surface area contributed by atoms with E-state index in [1.807, 2.05) is 36.4 Å². The second-order valence-electron chi connectivity index (χ2n) is 8.17. The van der Waals surface area contributed by atoms with E-state index in [2.05, 4.69) is 22.6 Å². The fraction of sp³-hybridized carbons (Fsp3) is 0.167. The van der Waals surface area contributed by atoms with E-state index >= 15 is 0 Å². The number of halogens is 1. The van der Waals surface area contributed by atoms with Gasteiger partial charge in [0.15, 0.2) is 0 Å². The van der Waals surface area contributed by atoms with E-state index in [-0.39, 0.29) is 16.7 Å². The molecule has 31 heavy (non-hydrogen) atoms. The quantitative estimate of drug-likeness (QED) is 0.220. The Morgan fingerprint density at radius 1 is 0.839 bits per heavy atom. The Morgan fingerprint density at radius 2 is 1.39 bits per heavy atom. The van der Waals surface area contributed by atoms with Crippen molar-refractivity contribution in [2.24, 2.45) is 11.8 Å². The predicted molar refractivity (Wildman–Crippen MR) is 121 cm³/mol. The van der Waals surface area contributed by atoms with Crippen LogP contribution in [0.1, 0.15) is 28.2 Å². The van der Waals surface area contributed by atoms with Crippen LogP contribution in [0, 0.1) is 25.5 Å². The number of nitrogens with zero attached hydrogens (tertiary/aromatic N) is 2. The maximum absolute atomic E-state index is 13.8. The summed E-state index contributed by atoms with van der Waals surface area (Å²) in [7, 11) is 0. The molecule has 3 aromatic carbocycles. The molecule has 3 aromatic rings. The Morgan fingerprint density at radius 3 is 1.94 bits per heavy atom. The Kier molecular flexibility index (Phi) is 3.75. The summed E-state index contributed by atoms with van der Waals surface area (Å²) in [6.45, 7) is 0. The second kappa shape index (κ2) is 6.23. The fourth-order valence-corrected chi connectivity index (χ4v) is 6.25. The zero-order valence-electron chi connectivity index (χ0n) is 16.1. The number of carbonyl (C=O) groups excluding carboxylic acids is 2. The Bertz CT molecular complexity index is 1260. The molecule has 1 heterocycles. The van der Waals surface area contributed by atoms with Crippen LogP contribution in [0.2, 0.25) is 0 Å². The number of benzene rings is 3. The molecule has 1 saturated heterocycles. The molecular weight excluding hydrogens is 507 g/mol. The highest BCUT2D eigenvalue weighted by Crippen LogP contribution is 2.64. The van der Waals surface area contributed by atoms with Crippen molar-refractivity contribution in [1.82, 2.24) is 0 Å². The van der Waals surface area contributed by atoms with Crippen LogP contribution in [0.4, 0.5) is 5.69 Å². The van der Waals surface area contributed by atoms with Gasteiger partial charge in [-0.3, -0.25) is 19.7 Å². The molecule has 0 saturated carbocycles. The summed E-state index contributed by atoms with van der Waals surface area (Å²) < 4.78 is 0.972. The largest absolute Gasteiger partial charge is 0.285 e. The summed E-state index contributed by atoms with van der Waals surface area (Å²) in [6, 6.07) is 21.5. The molecule has 152 valence electrons. The minimum atomic E-state index is -1.78. The number of rotatable bonds is 2. The summed E-state index contributed by atoms with van der Waals surface area (Å²) >= 11 is 2.15. The van der Waals surface area contributed by atoms with Gasteiger partial charge < -0.3 is 0 Å². The van der Waals surface area contributed by atoms with Crippen molar-refractivity contribution >= 4 is 40.1 Å². The fourth-order valence-electron chi connectivity index (χ4n) is 5.89. The lowest BCUT2D eigenvalue weighted by atomic mass is 9.51. The lowest BCUT2D eigenvalue weighted by Crippen LogP contribution is -2.57. The van der Waals surface area contributed by atoms with Gasteiger partial charge in [-0.1, -0.05) is 48.5 Å². The topological polar surface area (TPSA) is 80.5 Å². The number of imide groups is 1. The first kappa shape index (κ1) is 18.7. The molecule has 1 fully saturated rings. The number of carbonyl (C=O) groups is 2. The third-order valence-corrected chi connectivity index (χ3v) is 7.67. The van der Waals surface area contributed by atoms with E-state index in [4.69, 9.17) is 0 Å². The van der Waals surface area contributed by atoms with E-state index in [1.54, 1.807) is 36.4 Å². The minimum Gasteiger partial charge on any atom is -0.274 e. The van der Waals surface area contributed by atoms with Gasteiger partial charge in [0.1, 0.15) is 5.92 Å². The van der Waals surface area contributed by atoms with Crippen LogP contribution in [0.3, 0.4) is 0 Å². The summed E-state index contributed by atoms with van der Waals surface area (Å²) in [4.78, 5) is 41.1. The number of anilines is 1. The molecule has 7 rings (SSSR count). The van der Waals surface area contributed by atoms with E-state index in [0.717, 1.165) is 19.6 Å². The molecule has 1 aliphatic heterocycles. The first-order valence-corrected chi connectivity index (χ1v) is 11.0. The summed E-state index contributed by atoms with van der Waals surface area (Å²) in [5, 5.41) is 12.9. The minimum absolute atomic E-state index is 0.347. The molecule has 0 unspecified atom stereocenters. The molecule has 4 aliphatic rings. The molecule has 0 aromatic heterocycles. The van der Waals surface area contributed by atoms with Crippen LogP contribution in [0.15, 0.2) is 72.8 Å². The molecule has 0 N–H and O–H groups in total. The van der Waals surface area contributed by atoms with Crippen molar-refractivity contribution in [2.45, 2.75) is 11.5 Å². The van der Waals surface area contributed by atoms with Crippen molar-refractivity contribution in [3.8, 4) is 0 Å². The molecule has 6 nitrogen and oxygen atoms in total. The lowest BCUT2D eigenvalue weighted by molar-refractivity contribution is -0.578. The normalized spacial score (nSPS) is 27.6. The predicted octanol–water partition coefficient (Wildman–Crippen LogP) is 4.08. The highest BCUT2D eigenvalue weighted by atomic mass is 127. The van der Waals surface area contributed by atoms with Crippen molar-refractivity contribution < 1.29 is 14.5 Å². The van der Waals surface area contributed by atoms with Crippen LogP contribution >= 0.6 is 22.6 Å². The lowest BCUT2D eigenvalue weighted by Gasteiger charge is -2.48. The van der Waals surface area contributed by atoms with Crippen LogP contribution in [0.25, 0.3) is 0 Å². The highest BCUT2D eigenvalue weighted by Gasteiger charge is 2.74. The summed E-state index contributed by atoms with van der Waals surface area (Å²) in [5.74, 6) is -3.13. The van der Waals surface area contributed by atoms with E-state index < -0.39 is 23.3 Å². The van der Waals surface area contributed by atoms with Gasteiger partial charge in [0, 0.05) is 25.5 Å². The van der Waals surface area contributed by atoms with Crippen molar-refractivity contribution in [3.05, 3.63) is 109 Å². The smallest absolute Gasteiger partial charge is 0.274 e. The molecular formula is C24H15IN2O4. The first-order valence-electron chi connectivity index (χ1n) is 9.94.